The zero-order valence-electron chi connectivity index (χ0n) is 12.0. The maximum Gasteiger partial charge on any atom is 0.326 e. The predicted molar refractivity (Wildman–Crippen MR) is 77.6 cm³/mol. The minimum atomic E-state index is -1.02. The van der Waals surface area contributed by atoms with Crippen molar-refractivity contribution in [1.29, 1.82) is 0 Å². The SMILES string of the molecule is CCCN(CC)C(=O)NC(Cc1ccccc1)C(=O)O. The normalized spacial score (nSPS) is 11.7. The maximum absolute atomic E-state index is 12.0. The van der Waals surface area contributed by atoms with Crippen LogP contribution < -0.4 is 5.32 Å². The molecule has 0 bridgehead atoms. The second-order valence-electron chi connectivity index (χ2n) is 4.61. The Morgan fingerprint density at radius 2 is 1.90 bits per heavy atom. The van der Waals surface area contributed by atoms with Gasteiger partial charge in [0.1, 0.15) is 6.04 Å². The second-order valence-corrected chi connectivity index (χ2v) is 4.61. The molecule has 5 nitrogen and oxygen atoms in total. The van der Waals surface area contributed by atoms with Crippen molar-refractivity contribution in [1.82, 2.24) is 10.2 Å². The zero-order chi connectivity index (χ0) is 15.0. The summed E-state index contributed by atoms with van der Waals surface area (Å²) in [5, 5.41) is 11.8. The molecule has 2 amide bonds. The first-order valence-electron chi connectivity index (χ1n) is 6.90. The molecule has 5 heteroatoms. The first-order chi connectivity index (χ1) is 9.58. The van der Waals surface area contributed by atoms with Gasteiger partial charge in [0, 0.05) is 19.5 Å². The summed E-state index contributed by atoms with van der Waals surface area (Å²) in [6.45, 7) is 5.05. The van der Waals surface area contributed by atoms with Gasteiger partial charge in [0.15, 0.2) is 0 Å². The molecule has 0 radical (unpaired) electrons. The highest BCUT2D eigenvalue weighted by atomic mass is 16.4. The van der Waals surface area contributed by atoms with Crippen molar-refractivity contribution in [3.05, 3.63) is 35.9 Å². The molecule has 0 aliphatic carbocycles. The number of carboxylic acids is 1. The average Bonchev–Trinajstić information content (AvgIpc) is 2.44. The molecule has 1 aromatic rings. The number of rotatable bonds is 7. The van der Waals surface area contributed by atoms with Crippen LogP contribution in [-0.2, 0) is 11.2 Å². The molecule has 1 atom stereocenters. The third kappa shape index (κ3) is 4.91. The summed E-state index contributed by atoms with van der Waals surface area (Å²) >= 11 is 0. The second kappa shape index (κ2) is 8.19. The molecule has 0 fully saturated rings. The van der Waals surface area contributed by atoms with Gasteiger partial charge in [0.2, 0.25) is 0 Å². The number of urea groups is 1. The Morgan fingerprint density at radius 1 is 1.25 bits per heavy atom. The number of hydrogen-bond donors (Lipinski definition) is 2. The first-order valence-corrected chi connectivity index (χ1v) is 6.90. The molecule has 0 aromatic heterocycles. The number of nitrogens with one attached hydrogen (secondary N) is 1. The van der Waals surface area contributed by atoms with Crippen LogP contribution in [-0.4, -0.2) is 41.1 Å². The number of benzene rings is 1. The standard InChI is InChI=1S/C15H22N2O3/c1-3-10-17(4-2)15(20)16-13(14(18)19)11-12-8-6-5-7-9-12/h5-9,13H,3-4,10-11H2,1-2H3,(H,16,20)(H,18,19). The molecule has 1 rings (SSSR count). The van der Waals surface area contributed by atoms with E-state index in [1.54, 1.807) is 4.90 Å². The minimum absolute atomic E-state index is 0.283. The summed E-state index contributed by atoms with van der Waals surface area (Å²) in [6, 6.07) is 8.06. The maximum atomic E-state index is 12.0. The van der Waals surface area contributed by atoms with E-state index in [0.717, 1.165) is 12.0 Å². The van der Waals surface area contributed by atoms with Gasteiger partial charge >= 0.3 is 12.0 Å². The molecule has 0 saturated heterocycles. The van der Waals surface area contributed by atoms with Crippen molar-refractivity contribution in [3.63, 3.8) is 0 Å². The lowest BCUT2D eigenvalue weighted by molar-refractivity contribution is -0.139. The lowest BCUT2D eigenvalue weighted by atomic mass is 10.1. The number of hydrogen-bond acceptors (Lipinski definition) is 2. The summed E-state index contributed by atoms with van der Waals surface area (Å²) in [5.74, 6) is -1.02. The Morgan fingerprint density at radius 3 is 2.40 bits per heavy atom. The van der Waals surface area contributed by atoms with Gasteiger partial charge in [0.25, 0.3) is 0 Å². The summed E-state index contributed by atoms with van der Waals surface area (Å²) in [6.07, 6.45) is 1.13. The van der Waals surface area contributed by atoms with E-state index >= 15 is 0 Å². The number of aliphatic carboxylic acids is 1. The number of carbonyl (C=O) groups is 2. The lowest BCUT2D eigenvalue weighted by Crippen LogP contribution is -2.49. The van der Waals surface area contributed by atoms with Gasteiger partial charge < -0.3 is 15.3 Å². The van der Waals surface area contributed by atoms with Gasteiger partial charge in [-0.15, -0.1) is 0 Å². The molecule has 1 unspecified atom stereocenters. The first kappa shape index (κ1) is 16.0. The van der Waals surface area contributed by atoms with E-state index in [1.807, 2.05) is 44.2 Å². The van der Waals surface area contributed by atoms with Crippen LogP contribution >= 0.6 is 0 Å². The Labute approximate surface area is 119 Å². The Bertz CT molecular complexity index is 434. The van der Waals surface area contributed by atoms with E-state index in [1.165, 1.54) is 0 Å². The van der Waals surface area contributed by atoms with E-state index in [9.17, 15) is 14.7 Å². The fourth-order valence-corrected chi connectivity index (χ4v) is 1.96. The van der Waals surface area contributed by atoms with E-state index < -0.39 is 12.0 Å². The summed E-state index contributed by atoms with van der Waals surface area (Å²) in [4.78, 5) is 24.9. The van der Waals surface area contributed by atoms with Crippen molar-refractivity contribution in [2.45, 2.75) is 32.7 Å². The molecule has 20 heavy (non-hydrogen) atoms. The third-order valence-corrected chi connectivity index (χ3v) is 3.04. The molecule has 2 N–H and O–H groups in total. The molecule has 0 saturated carbocycles. The smallest absolute Gasteiger partial charge is 0.326 e. The number of carboxylic acid groups (broad SMARTS) is 1. The highest BCUT2D eigenvalue weighted by Gasteiger charge is 2.22. The topological polar surface area (TPSA) is 69.6 Å². The monoisotopic (exact) mass is 278 g/mol. The summed E-state index contributed by atoms with van der Waals surface area (Å²) in [7, 11) is 0. The van der Waals surface area contributed by atoms with E-state index in [4.69, 9.17) is 0 Å². The van der Waals surface area contributed by atoms with E-state index in [2.05, 4.69) is 5.32 Å². The van der Waals surface area contributed by atoms with Crippen molar-refractivity contribution in [2.75, 3.05) is 13.1 Å². The highest BCUT2D eigenvalue weighted by Crippen LogP contribution is 2.04. The fraction of sp³-hybridized carbons (Fsp3) is 0.467. The van der Waals surface area contributed by atoms with Crippen LogP contribution in [0.4, 0.5) is 4.79 Å². The molecule has 0 heterocycles. The largest absolute Gasteiger partial charge is 0.480 e. The molecule has 1 aromatic carbocycles. The van der Waals surface area contributed by atoms with Gasteiger partial charge in [-0.1, -0.05) is 37.3 Å². The van der Waals surface area contributed by atoms with Crippen molar-refractivity contribution in [2.24, 2.45) is 0 Å². The molecule has 0 aliphatic rings. The van der Waals surface area contributed by atoms with Crippen molar-refractivity contribution < 1.29 is 14.7 Å². The fourth-order valence-electron chi connectivity index (χ4n) is 1.96. The van der Waals surface area contributed by atoms with E-state index in [-0.39, 0.29) is 12.5 Å². The van der Waals surface area contributed by atoms with Crippen molar-refractivity contribution >= 4 is 12.0 Å². The molecule has 110 valence electrons. The van der Waals surface area contributed by atoms with Crippen LogP contribution in [0.2, 0.25) is 0 Å². The lowest BCUT2D eigenvalue weighted by Gasteiger charge is -2.23. The van der Waals surface area contributed by atoms with Crippen LogP contribution in [0.25, 0.3) is 0 Å². The van der Waals surface area contributed by atoms with Gasteiger partial charge in [-0.25, -0.2) is 9.59 Å². The van der Waals surface area contributed by atoms with Crippen LogP contribution in [0.5, 0.6) is 0 Å². The van der Waals surface area contributed by atoms with Gasteiger partial charge in [0.05, 0.1) is 0 Å². The van der Waals surface area contributed by atoms with Crippen molar-refractivity contribution in [3.8, 4) is 0 Å². The van der Waals surface area contributed by atoms with Gasteiger partial charge in [-0.05, 0) is 18.9 Å². The summed E-state index contributed by atoms with van der Waals surface area (Å²) < 4.78 is 0. The number of amides is 2. The predicted octanol–water partition coefficient (Wildman–Crippen LogP) is 2.12. The zero-order valence-corrected chi connectivity index (χ0v) is 12.0. The van der Waals surface area contributed by atoms with Crippen LogP contribution in [0, 0.1) is 0 Å². The van der Waals surface area contributed by atoms with Crippen LogP contribution in [0.1, 0.15) is 25.8 Å². The summed E-state index contributed by atoms with van der Waals surface area (Å²) in [5.41, 5.74) is 0.888. The Balaban J connectivity index is 2.68. The Hall–Kier alpha value is -2.04. The molecular formula is C15H22N2O3. The van der Waals surface area contributed by atoms with Crippen LogP contribution in [0.3, 0.4) is 0 Å². The quantitative estimate of drug-likeness (QED) is 0.802. The molecule has 0 aliphatic heterocycles. The number of nitrogens with zero attached hydrogens (tertiary/aromatic N) is 1. The molecule has 0 spiro atoms. The van der Waals surface area contributed by atoms with Gasteiger partial charge in [-0.2, -0.15) is 0 Å². The highest BCUT2D eigenvalue weighted by molar-refractivity contribution is 5.82. The molecular weight excluding hydrogens is 256 g/mol. The van der Waals surface area contributed by atoms with Crippen LogP contribution in [0.15, 0.2) is 30.3 Å². The van der Waals surface area contributed by atoms with Gasteiger partial charge in [-0.3, -0.25) is 0 Å². The average molecular weight is 278 g/mol. The third-order valence-electron chi connectivity index (χ3n) is 3.04. The minimum Gasteiger partial charge on any atom is -0.480 e. The Kier molecular flexibility index (Phi) is 6.56. The number of carbonyl (C=O) groups excluding carboxylic acids is 1. The van der Waals surface area contributed by atoms with E-state index in [0.29, 0.717) is 13.1 Å².